The number of ether oxygens (including phenoxy) is 3. The molecular weight excluding hydrogens is 458 g/mol. The smallest absolute Gasteiger partial charge is 0.257 e. The van der Waals surface area contributed by atoms with E-state index in [9.17, 15) is 18.4 Å². The zero-order chi connectivity index (χ0) is 24.2. The topological polar surface area (TPSA) is 77.1 Å². The number of hydrogen-bond acceptors (Lipinski definition) is 5. The predicted octanol–water partition coefficient (Wildman–Crippen LogP) is 3.54. The number of para-hydroxylation sites is 1. The Kier molecular flexibility index (Phi) is 4.87. The second-order valence-electron chi connectivity index (χ2n) is 8.58. The molecule has 0 fully saturated rings. The van der Waals surface area contributed by atoms with Gasteiger partial charge in [0, 0.05) is 30.4 Å². The molecule has 2 amide bonds. The molecule has 7 nitrogen and oxygen atoms in total. The number of benzene rings is 3. The van der Waals surface area contributed by atoms with Gasteiger partial charge in [-0.25, -0.2) is 8.78 Å². The quantitative estimate of drug-likeness (QED) is 0.568. The van der Waals surface area contributed by atoms with Crippen LogP contribution in [0.5, 0.6) is 17.2 Å². The summed E-state index contributed by atoms with van der Waals surface area (Å²) in [6.07, 6.45) is 0.382. The van der Waals surface area contributed by atoms with Crippen LogP contribution >= 0.6 is 0 Å². The van der Waals surface area contributed by atoms with Gasteiger partial charge in [0.05, 0.1) is 0 Å². The highest BCUT2D eigenvalue weighted by molar-refractivity contribution is 6.11. The number of anilines is 1. The van der Waals surface area contributed by atoms with Crippen molar-refractivity contribution in [3.05, 3.63) is 82.9 Å². The van der Waals surface area contributed by atoms with Crippen LogP contribution in [0.2, 0.25) is 0 Å². The minimum absolute atomic E-state index is 0.115. The van der Waals surface area contributed by atoms with Crippen LogP contribution in [0, 0.1) is 11.6 Å². The number of nitrogens with zero attached hydrogens (tertiary/aromatic N) is 1. The Hall–Kier alpha value is -4.14. The summed E-state index contributed by atoms with van der Waals surface area (Å²) in [6, 6.07) is 14.4. The monoisotopic (exact) mass is 478 g/mol. The highest BCUT2D eigenvalue weighted by Gasteiger charge is 2.57. The number of carbonyl (C=O) groups excluding carboxylic acids is 2. The Morgan fingerprint density at radius 3 is 2.49 bits per heavy atom. The van der Waals surface area contributed by atoms with E-state index in [1.807, 2.05) is 30.3 Å². The fourth-order valence-corrected chi connectivity index (χ4v) is 5.03. The summed E-state index contributed by atoms with van der Waals surface area (Å²) >= 11 is 0. The number of hydrogen-bond donors (Lipinski definition) is 1. The van der Waals surface area contributed by atoms with Crippen molar-refractivity contribution in [2.75, 3.05) is 31.4 Å². The average molecular weight is 478 g/mol. The van der Waals surface area contributed by atoms with Gasteiger partial charge in [0.15, 0.2) is 11.5 Å². The first-order valence-corrected chi connectivity index (χ1v) is 11.2. The van der Waals surface area contributed by atoms with E-state index in [0.717, 1.165) is 28.9 Å². The van der Waals surface area contributed by atoms with Gasteiger partial charge in [-0.1, -0.05) is 24.3 Å². The lowest BCUT2D eigenvalue weighted by Gasteiger charge is -2.23. The molecule has 3 aromatic rings. The maximum absolute atomic E-state index is 13.9. The molecule has 178 valence electrons. The third-order valence-corrected chi connectivity index (χ3v) is 6.68. The number of fused-ring (bicyclic) bond motifs is 5. The summed E-state index contributed by atoms with van der Waals surface area (Å²) < 4.78 is 44.7. The van der Waals surface area contributed by atoms with Gasteiger partial charge >= 0.3 is 0 Å². The van der Waals surface area contributed by atoms with Crippen molar-refractivity contribution in [3.63, 3.8) is 0 Å². The van der Waals surface area contributed by atoms with E-state index >= 15 is 0 Å². The molecule has 3 heterocycles. The maximum Gasteiger partial charge on any atom is 0.257 e. The number of halogens is 2. The number of carbonyl (C=O) groups is 2. The largest absolute Gasteiger partial charge is 0.491 e. The SMILES string of the molecule is O=C(NCCCN1C(=O)C2(COc3cc4c(cc32)OCO4)c2ccccc21)c1c(F)cccc1F. The van der Waals surface area contributed by atoms with Crippen molar-refractivity contribution in [2.24, 2.45) is 0 Å². The van der Waals surface area contributed by atoms with Crippen LogP contribution in [0.15, 0.2) is 54.6 Å². The van der Waals surface area contributed by atoms with E-state index in [1.54, 1.807) is 11.0 Å². The van der Waals surface area contributed by atoms with Gasteiger partial charge in [0.2, 0.25) is 12.7 Å². The summed E-state index contributed by atoms with van der Waals surface area (Å²) in [7, 11) is 0. The van der Waals surface area contributed by atoms with Gasteiger partial charge in [-0.05, 0) is 36.2 Å². The summed E-state index contributed by atoms with van der Waals surface area (Å²) in [4.78, 5) is 27.8. The molecule has 0 aliphatic carbocycles. The van der Waals surface area contributed by atoms with Crippen LogP contribution in [0.25, 0.3) is 0 Å². The zero-order valence-corrected chi connectivity index (χ0v) is 18.5. The maximum atomic E-state index is 13.9. The third kappa shape index (κ3) is 3.14. The fraction of sp³-hybridized carbons (Fsp3) is 0.231. The minimum Gasteiger partial charge on any atom is -0.491 e. The predicted molar refractivity (Wildman–Crippen MR) is 121 cm³/mol. The van der Waals surface area contributed by atoms with Crippen molar-refractivity contribution >= 4 is 17.5 Å². The Morgan fingerprint density at radius 1 is 0.943 bits per heavy atom. The van der Waals surface area contributed by atoms with E-state index in [2.05, 4.69) is 5.32 Å². The number of amides is 2. The van der Waals surface area contributed by atoms with Gasteiger partial charge in [0.1, 0.15) is 35.0 Å². The molecule has 0 saturated carbocycles. The Bertz CT molecular complexity index is 1360. The Labute approximate surface area is 199 Å². The molecule has 3 aliphatic heterocycles. The molecule has 6 rings (SSSR count). The molecule has 0 aromatic heterocycles. The molecule has 0 saturated heterocycles. The van der Waals surface area contributed by atoms with Crippen molar-refractivity contribution in [1.29, 1.82) is 0 Å². The average Bonchev–Trinajstić information content (AvgIpc) is 3.52. The van der Waals surface area contributed by atoms with Crippen molar-refractivity contribution in [1.82, 2.24) is 5.32 Å². The third-order valence-electron chi connectivity index (χ3n) is 6.68. The van der Waals surface area contributed by atoms with Crippen molar-refractivity contribution in [3.8, 4) is 17.2 Å². The van der Waals surface area contributed by atoms with Gasteiger partial charge in [-0.15, -0.1) is 0 Å². The fourth-order valence-electron chi connectivity index (χ4n) is 5.03. The first-order chi connectivity index (χ1) is 17.0. The highest BCUT2D eigenvalue weighted by atomic mass is 19.1. The number of nitrogens with one attached hydrogen (secondary N) is 1. The van der Waals surface area contributed by atoms with Crippen LogP contribution in [-0.2, 0) is 10.2 Å². The molecular formula is C26H20F2N2O5. The van der Waals surface area contributed by atoms with Gasteiger partial charge in [-0.3, -0.25) is 9.59 Å². The molecule has 1 unspecified atom stereocenters. The van der Waals surface area contributed by atoms with Gasteiger partial charge in [0.25, 0.3) is 5.91 Å². The lowest BCUT2D eigenvalue weighted by molar-refractivity contribution is -0.122. The van der Waals surface area contributed by atoms with Crippen LogP contribution in [0.4, 0.5) is 14.5 Å². The summed E-state index contributed by atoms with van der Waals surface area (Å²) in [6.45, 7) is 0.708. The van der Waals surface area contributed by atoms with Crippen molar-refractivity contribution in [2.45, 2.75) is 11.8 Å². The Morgan fingerprint density at radius 2 is 1.69 bits per heavy atom. The molecule has 0 radical (unpaired) electrons. The first kappa shape index (κ1) is 21.4. The molecule has 3 aromatic carbocycles. The van der Waals surface area contributed by atoms with Gasteiger partial charge in [-0.2, -0.15) is 0 Å². The second-order valence-corrected chi connectivity index (χ2v) is 8.58. The normalized spacial score (nSPS) is 19.0. The highest BCUT2D eigenvalue weighted by Crippen LogP contribution is 2.54. The van der Waals surface area contributed by atoms with Gasteiger partial charge < -0.3 is 24.4 Å². The van der Waals surface area contributed by atoms with E-state index < -0.39 is 28.5 Å². The first-order valence-electron chi connectivity index (χ1n) is 11.2. The summed E-state index contributed by atoms with van der Waals surface area (Å²) in [5, 5.41) is 2.54. The van der Waals surface area contributed by atoms with E-state index in [-0.39, 0.29) is 25.9 Å². The summed E-state index contributed by atoms with van der Waals surface area (Å²) in [5.74, 6) is -1.08. The van der Waals surface area contributed by atoms with Crippen LogP contribution in [0.3, 0.4) is 0 Å². The van der Waals surface area contributed by atoms with Crippen LogP contribution < -0.4 is 24.4 Å². The zero-order valence-electron chi connectivity index (χ0n) is 18.5. The molecule has 35 heavy (non-hydrogen) atoms. The minimum atomic E-state index is -1.01. The number of rotatable bonds is 5. The van der Waals surface area contributed by atoms with E-state index in [0.29, 0.717) is 30.2 Å². The molecule has 3 aliphatic rings. The van der Waals surface area contributed by atoms with Crippen molar-refractivity contribution < 1.29 is 32.6 Å². The molecule has 1 N–H and O–H groups in total. The summed E-state index contributed by atoms with van der Waals surface area (Å²) in [5.41, 5.74) is 0.697. The lowest BCUT2D eigenvalue weighted by Crippen LogP contribution is -2.43. The lowest BCUT2D eigenvalue weighted by atomic mass is 9.77. The van der Waals surface area contributed by atoms with Crippen LogP contribution in [-0.4, -0.2) is 38.3 Å². The van der Waals surface area contributed by atoms with E-state index in [4.69, 9.17) is 14.2 Å². The molecule has 1 atom stereocenters. The standard InChI is InChI=1S/C26H20F2N2O5/c27-17-6-3-7-18(28)23(17)24(31)29-9-4-10-30-19-8-2-1-5-15(19)26(25(30)32)13-33-20-12-22-21(11-16(20)26)34-14-35-22/h1-3,5-8,11-12H,4,9-10,13-14H2,(H,29,31). The molecule has 9 heteroatoms. The molecule has 0 bridgehead atoms. The van der Waals surface area contributed by atoms with E-state index in [1.165, 1.54) is 6.07 Å². The van der Waals surface area contributed by atoms with Crippen LogP contribution in [0.1, 0.15) is 27.9 Å². The second kappa shape index (κ2) is 7.97. The molecule has 1 spiro atoms. The Balaban J connectivity index is 1.23.